The average molecular weight is 274 g/mol. The first-order valence-corrected chi connectivity index (χ1v) is 7.85. The van der Waals surface area contributed by atoms with E-state index in [1.165, 1.54) is 0 Å². The van der Waals surface area contributed by atoms with Crippen molar-refractivity contribution in [2.45, 2.75) is 13.0 Å². The summed E-state index contributed by atoms with van der Waals surface area (Å²) in [4.78, 5) is 18.1. The van der Waals surface area contributed by atoms with E-state index in [0.717, 1.165) is 41.1 Å². The van der Waals surface area contributed by atoms with Gasteiger partial charge in [0.25, 0.3) is 0 Å². The Morgan fingerprint density at radius 3 is 2.84 bits per heavy atom. The number of nitrogens with one attached hydrogen (secondary N) is 1. The van der Waals surface area contributed by atoms with Gasteiger partial charge in [-0.2, -0.15) is 11.8 Å². The number of rotatable bonds is 3. The number of hydrogen-bond donors (Lipinski definition) is 1. The zero-order valence-electron chi connectivity index (χ0n) is 11.1. The van der Waals surface area contributed by atoms with E-state index in [1.54, 1.807) is 0 Å². The topological polar surface area (TPSA) is 36.1 Å². The maximum absolute atomic E-state index is 12.7. The molecular weight excluding hydrogens is 256 g/mol. The lowest BCUT2D eigenvalue weighted by Gasteiger charge is -2.31. The molecule has 0 saturated carbocycles. The summed E-state index contributed by atoms with van der Waals surface area (Å²) in [6, 6.07) is 7.96. The number of aromatic nitrogens is 1. The third-order valence-electron chi connectivity index (χ3n) is 3.83. The van der Waals surface area contributed by atoms with E-state index in [0.29, 0.717) is 0 Å². The standard InChI is InChI=1S/C15H18N2OS/c1-11(17-6-8-19-9-7-17)15(18)13-10-16-14-5-3-2-4-12(13)14/h2-5,10-11,16H,6-9H2,1H3/t11-/m0/s1. The Morgan fingerprint density at radius 1 is 1.32 bits per heavy atom. The van der Waals surface area contributed by atoms with E-state index in [1.807, 2.05) is 49.1 Å². The number of nitrogens with zero attached hydrogens (tertiary/aromatic N) is 1. The Labute approximate surface area is 117 Å². The predicted octanol–water partition coefficient (Wildman–Crippen LogP) is 2.79. The number of Topliss-reactive ketones (excluding diaryl/α,β-unsaturated/α-hetero) is 1. The molecular formula is C15H18N2OS. The number of aromatic amines is 1. The van der Waals surface area contributed by atoms with E-state index in [2.05, 4.69) is 9.88 Å². The van der Waals surface area contributed by atoms with Crippen LogP contribution in [0.15, 0.2) is 30.5 Å². The highest BCUT2D eigenvalue weighted by Crippen LogP contribution is 2.21. The molecule has 2 aromatic rings. The van der Waals surface area contributed by atoms with Gasteiger partial charge < -0.3 is 4.98 Å². The molecule has 0 radical (unpaired) electrons. The van der Waals surface area contributed by atoms with Crippen molar-refractivity contribution in [1.29, 1.82) is 0 Å². The first-order valence-electron chi connectivity index (χ1n) is 6.69. The van der Waals surface area contributed by atoms with Gasteiger partial charge in [-0.15, -0.1) is 0 Å². The molecule has 3 rings (SSSR count). The monoisotopic (exact) mass is 274 g/mol. The minimum atomic E-state index is -0.0277. The van der Waals surface area contributed by atoms with Gasteiger partial charge in [0.05, 0.1) is 6.04 Å². The molecule has 0 bridgehead atoms. The van der Waals surface area contributed by atoms with Crippen LogP contribution in [0.25, 0.3) is 10.9 Å². The first-order chi connectivity index (χ1) is 9.27. The first kappa shape index (κ1) is 12.8. The Balaban J connectivity index is 1.86. The summed E-state index contributed by atoms with van der Waals surface area (Å²) in [5, 5.41) is 1.03. The molecule has 1 N–H and O–H groups in total. The van der Waals surface area contributed by atoms with Crippen LogP contribution in [0.2, 0.25) is 0 Å². The second kappa shape index (κ2) is 5.39. The third-order valence-corrected chi connectivity index (χ3v) is 4.77. The van der Waals surface area contributed by atoms with Crippen LogP contribution in [0.5, 0.6) is 0 Å². The summed E-state index contributed by atoms with van der Waals surface area (Å²) < 4.78 is 0. The number of carbonyl (C=O) groups is 1. The molecule has 1 atom stereocenters. The lowest BCUT2D eigenvalue weighted by molar-refractivity contribution is 0.0853. The third kappa shape index (κ3) is 2.42. The van der Waals surface area contributed by atoms with Crippen LogP contribution in [0.4, 0.5) is 0 Å². The van der Waals surface area contributed by atoms with Crippen molar-refractivity contribution in [2.24, 2.45) is 0 Å². The molecule has 1 saturated heterocycles. The van der Waals surface area contributed by atoms with Crippen molar-refractivity contribution in [3.8, 4) is 0 Å². The van der Waals surface area contributed by atoms with Gasteiger partial charge in [-0.1, -0.05) is 18.2 Å². The van der Waals surface area contributed by atoms with Gasteiger partial charge in [0.1, 0.15) is 0 Å². The fourth-order valence-electron chi connectivity index (χ4n) is 2.63. The molecule has 4 heteroatoms. The minimum absolute atomic E-state index is 0.0277. The zero-order chi connectivity index (χ0) is 13.2. The Hall–Kier alpha value is -1.26. The summed E-state index contributed by atoms with van der Waals surface area (Å²) in [6.07, 6.45) is 1.85. The van der Waals surface area contributed by atoms with Gasteiger partial charge in [-0.25, -0.2) is 0 Å². The van der Waals surface area contributed by atoms with E-state index >= 15 is 0 Å². The summed E-state index contributed by atoms with van der Waals surface area (Å²) in [7, 11) is 0. The molecule has 1 aromatic carbocycles. The molecule has 19 heavy (non-hydrogen) atoms. The number of H-pyrrole nitrogens is 1. The molecule has 0 aliphatic carbocycles. The molecule has 2 heterocycles. The summed E-state index contributed by atoms with van der Waals surface area (Å²) >= 11 is 1.97. The molecule has 1 aromatic heterocycles. The molecule has 0 amide bonds. The number of fused-ring (bicyclic) bond motifs is 1. The van der Waals surface area contributed by atoms with Crippen molar-refractivity contribution in [1.82, 2.24) is 9.88 Å². The van der Waals surface area contributed by atoms with Gasteiger partial charge in [-0.3, -0.25) is 9.69 Å². The molecule has 3 nitrogen and oxygen atoms in total. The minimum Gasteiger partial charge on any atom is -0.360 e. The van der Waals surface area contributed by atoms with Crippen LogP contribution < -0.4 is 0 Å². The number of hydrogen-bond acceptors (Lipinski definition) is 3. The van der Waals surface area contributed by atoms with Crippen LogP contribution in [0.3, 0.4) is 0 Å². The molecule has 1 fully saturated rings. The predicted molar refractivity (Wildman–Crippen MR) is 81.0 cm³/mol. The lowest BCUT2D eigenvalue weighted by Crippen LogP contribution is -2.43. The molecule has 1 aliphatic heterocycles. The van der Waals surface area contributed by atoms with Gasteiger partial charge in [-0.05, 0) is 13.0 Å². The van der Waals surface area contributed by atoms with Crippen LogP contribution in [0, 0.1) is 0 Å². The zero-order valence-corrected chi connectivity index (χ0v) is 11.9. The molecule has 0 unspecified atom stereocenters. The summed E-state index contributed by atoms with van der Waals surface area (Å²) in [5.41, 5.74) is 1.86. The fourth-order valence-corrected chi connectivity index (χ4v) is 3.56. The fraction of sp³-hybridized carbons (Fsp3) is 0.400. The maximum atomic E-state index is 12.7. The number of thioether (sulfide) groups is 1. The van der Waals surface area contributed by atoms with Crippen molar-refractivity contribution < 1.29 is 4.79 Å². The van der Waals surface area contributed by atoms with Crippen molar-refractivity contribution in [3.05, 3.63) is 36.0 Å². The lowest BCUT2D eigenvalue weighted by atomic mass is 10.0. The molecule has 0 spiro atoms. The van der Waals surface area contributed by atoms with Crippen molar-refractivity contribution in [3.63, 3.8) is 0 Å². The molecule has 100 valence electrons. The van der Waals surface area contributed by atoms with Crippen LogP contribution in [-0.4, -0.2) is 46.3 Å². The average Bonchev–Trinajstić information content (AvgIpc) is 2.90. The largest absolute Gasteiger partial charge is 0.360 e. The highest BCUT2D eigenvalue weighted by atomic mass is 32.2. The second-order valence-corrected chi connectivity index (χ2v) is 6.16. The van der Waals surface area contributed by atoms with Crippen molar-refractivity contribution >= 4 is 28.4 Å². The smallest absolute Gasteiger partial charge is 0.181 e. The van der Waals surface area contributed by atoms with E-state index in [-0.39, 0.29) is 11.8 Å². The van der Waals surface area contributed by atoms with Crippen molar-refractivity contribution in [2.75, 3.05) is 24.6 Å². The highest BCUT2D eigenvalue weighted by molar-refractivity contribution is 7.99. The van der Waals surface area contributed by atoms with E-state index in [9.17, 15) is 4.79 Å². The highest BCUT2D eigenvalue weighted by Gasteiger charge is 2.25. The van der Waals surface area contributed by atoms with Gasteiger partial charge in [0.2, 0.25) is 0 Å². The normalized spacial score (nSPS) is 18.6. The summed E-state index contributed by atoms with van der Waals surface area (Å²) in [5.74, 6) is 2.49. The van der Waals surface area contributed by atoms with E-state index in [4.69, 9.17) is 0 Å². The van der Waals surface area contributed by atoms with Gasteiger partial charge in [0, 0.05) is 47.3 Å². The molecule has 1 aliphatic rings. The number of benzene rings is 1. The SMILES string of the molecule is C[C@@H](C(=O)c1c[nH]c2ccccc12)N1CCSCC1. The number of carbonyl (C=O) groups excluding carboxylic acids is 1. The van der Waals surface area contributed by atoms with Crippen LogP contribution >= 0.6 is 11.8 Å². The number of ketones is 1. The van der Waals surface area contributed by atoms with Gasteiger partial charge >= 0.3 is 0 Å². The van der Waals surface area contributed by atoms with Crippen LogP contribution in [0.1, 0.15) is 17.3 Å². The quantitative estimate of drug-likeness (QED) is 0.874. The Kier molecular flexibility index (Phi) is 3.62. The maximum Gasteiger partial charge on any atom is 0.181 e. The van der Waals surface area contributed by atoms with Crippen LogP contribution in [-0.2, 0) is 0 Å². The Morgan fingerprint density at radius 2 is 2.05 bits per heavy atom. The van der Waals surface area contributed by atoms with Gasteiger partial charge in [0.15, 0.2) is 5.78 Å². The Bertz CT molecular complexity index is 587. The van der Waals surface area contributed by atoms with E-state index < -0.39 is 0 Å². The summed E-state index contributed by atoms with van der Waals surface area (Å²) in [6.45, 7) is 4.06. The number of para-hydroxylation sites is 1. The second-order valence-electron chi connectivity index (χ2n) is 4.94.